The number of aryl methyl sites for hydroxylation is 1. The Hall–Kier alpha value is -2.43. The van der Waals surface area contributed by atoms with Gasteiger partial charge in [-0.05, 0) is 55.7 Å². The molecule has 1 aromatic heterocycles. The molecule has 1 fully saturated rings. The summed E-state index contributed by atoms with van der Waals surface area (Å²) < 4.78 is 66.9. The first-order valence-electron chi connectivity index (χ1n) is 10.8. The van der Waals surface area contributed by atoms with Gasteiger partial charge in [0.2, 0.25) is 10.0 Å². The monoisotopic (exact) mass is 480 g/mol. The third kappa shape index (κ3) is 4.92. The average Bonchev–Trinajstić information content (AvgIpc) is 3.54. The van der Waals surface area contributed by atoms with Crippen LogP contribution >= 0.6 is 0 Å². The van der Waals surface area contributed by atoms with Crippen LogP contribution in [-0.2, 0) is 35.8 Å². The Labute approximate surface area is 191 Å². The third-order valence-corrected chi connectivity index (χ3v) is 7.78. The number of hydrogen-bond donors (Lipinski definition) is 0. The maximum Gasteiger partial charge on any atom is 0.416 e. The Bertz CT molecular complexity index is 1250. The summed E-state index contributed by atoms with van der Waals surface area (Å²) in [4.78, 5) is 7.17. The number of benzene rings is 2. The number of nitrogens with zero attached hydrogens (tertiary/aromatic N) is 4. The van der Waals surface area contributed by atoms with Gasteiger partial charge in [0.25, 0.3) is 0 Å². The average molecular weight is 481 g/mol. The second kappa shape index (κ2) is 8.73. The van der Waals surface area contributed by atoms with E-state index in [-0.39, 0.29) is 4.90 Å². The zero-order chi connectivity index (χ0) is 24.0. The molecule has 1 aliphatic carbocycles. The van der Waals surface area contributed by atoms with Gasteiger partial charge in [0.1, 0.15) is 5.82 Å². The van der Waals surface area contributed by atoms with E-state index >= 15 is 0 Å². The number of rotatable bonds is 8. The van der Waals surface area contributed by atoms with Gasteiger partial charge in [0.15, 0.2) is 0 Å². The van der Waals surface area contributed by atoms with Crippen molar-refractivity contribution >= 4 is 21.1 Å². The molecular weight excluding hydrogens is 453 g/mol. The molecule has 10 heteroatoms. The number of imidazole rings is 1. The fourth-order valence-electron chi connectivity index (χ4n) is 3.97. The minimum absolute atomic E-state index is 0.191. The highest BCUT2D eigenvalue weighted by Crippen LogP contribution is 2.32. The smallest absolute Gasteiger partial charge is 0.327 e. The summed E-state index contributed by atoms with van der Waals surface area (Å²) in [6.07, 6.45) is -2.27. The van der Waals surface area contributed by atoms with Crippen LogP contribution in [0.1, 0.15) is 36.7 Å². The quantitative estimate of drug-likeness (QED) is 0.477. The second-order valence-electron chi connectivity index (χ2n) is 8.54. The van der Waals surface area contributed by atoms with Crippen molar-refractivity contribution in [3.63, 3.8) is 0 Å². The normalized spacial score (nSPS) is 15.2. The topological polar surface area (TPSA) is 58.4 Å². The van der Waals surface area contributed by atoms with E-state index in [4.69, 9.17) is 4.98 Å². The highest BCUT2D eigenvalue weighted by Gasteiger charge is 2.32. The van der Waals surface area contributed by atoms with E-state index in [0.717, 1.165) is 41.9 Å². The zero-order valence-corrected chi connectivity index (χ0v) is 19.6. The fraction of sp³-hybridized carbons (Fsp3) is 0.435. The van der Waals surface area contributed by atoms with Gasteiger partial charge in [0.05, 0.1) is 28.0 Å². The van der Waals surface area contributed by atoms with E-state index in [1.54, 1.807) is 18.2 Å². The van der Waals surface area contributed by atoms with Gasteiger partial charge in [-0.1, -0.05) is 12.1 Å². The van der Waals surface area contributed by atoms with Crippen molar-refractivity contribution < 1.29 is 21.6 Å². The van der Waals surface area contributed by atoms with E-state index in [1.807, 2.05) is 6.92 Å². The molecule has 0 unspecified atom stereocenters. The van der Waals surface area contributed by atoms with Gasteiger partial charge < -0.3 is 4.57 Å². The Morgan fingerprint density at radius 2 is 1.73 bits per heavy atom. The molecule has 1 aliphatic rings. The first-order chi connectivity index (χ1) is 15.5. The minimum Gasteiger partial charge on any atom is -0.327 e. The number of alkyl halides is 3. The van der Waals surface area contributed by atoms with Crippen molar-refractivity contribution in [2.45, 2.75) is 56.5 Å². The SMILES string of the molecule is CCn1c(CN(Cc2ccc(C(F)(F)F)cc2)C2CC2)nc2cc(S(=O)(=O)N(C)C)ccc21. The third-order valence-electron chi connectivity index (χ3n) is 5.97. The summed E-state index contributed by atoms with van der Waals surface area (Å²) in [5, 5.41) is 0. The van der Waals surface area contributed by atoms with Crippen LogP contribution in [-0.4, -0.2) is 47.3 Å². The largest absolute Gasteiger partial charge is 0.416 e. The van der Waals surface area contributed by atoms with Crippen LogP contribution in [0.15, 0.2) is 47.4 Å². The minimum atomic E-state index is -4.35. The van der Waals surface area contributed by atoms with Crippen LogP contribution in [0.3, 0.4) is 0 Å². The molecule has 33 heavy (non-hydrogen) atoms. The maximum absolute atomic E-state index is 12.9. The summed E-state index contributed by atoms with van der Waals surface area (Å²) in [5.74, 6) is 0.811. The molecule has 1 heterocycles. The first-order valence-corrected chi connectivity index (χ1v) is 12.3. The van der Waals surface area contributed by atoms with Crippen LogP contribution in [0, 0.1) is 0 Å². The molecule has 178 valence electrons. The molecule has 3 aromatic rings. The molecule has 2 aromatic carbocycles. The van der Waals surface area contributed by atoms with Gasteiger partial charge in [-0.3, -0.25) is 4.90 Å². The number of sulfonamides is 1. The molecule has 0 bridgehead atoms. The highest BCUT2D eigenvalue weighted by atomic mass is 32.2. The fourth-order valence-corrected chi connectivity index (χ4v) is 4.90. The molecular formula is C23H27F3N4O2S. The summed E-state index contributed by atoms with van der Waals surface area (Å²) in [6.45, 7) is 3.73. The van der Waals surface area contributed by atoms with Gasteiger partial charge in [-0.2, -0.15) is 13.2 Å². The predicted octanol–water partition coefficient (Wildman–Crippen LogP) is 4.49. The van der Waals surface area contributed by atoms with Gasteiger partial charge >= 0.3 is 6.18 Å². The molecule has 0 aliphatic heterocycles. The predicted molar refractivity (Wildman–Crippen MR) is 120 cm³/mol. The highest BCUT2D eigenvalue weighted by molar-refractivity contribution is 7.89. The summed E-state index contributed by atoms with van der Waals surface area (Å²) >= 11 is 0. The lowest BCUT2D eigenvalue weighted by atomic mass is 10.1. The Kier molecular flexibility index (Phi) is 6.28. The van der Waals surface area contributed by atoms with Crippen LogP contribution in [0.2, 0.25) is 0 Å². The molecule has 0 saturated heterocycles. The number of hydrogen-bond acceptors (Lipinski definition) is 4. The van der Waals surface area contributed by atoms with Crippen molar-refractivity contribution in [2.75, 3.05) is 14.1 Å². The van der Waals surface area contributed by atoms with Crippen molar-refractivity contribution in [1.82, 2.24) is 18.8 Å². The van der Waals surface area contributed by atoms with Crippen LogP contribution < -0.4 is 0 Å². The summed E-state index contributed by atoms with van der Waals surface area (Å²) in [5.41, 5.74) is 1.63. The standard InChI is InChI=1S/C23H27F3N4O2S/c1-4-30-21-12-11-19(33(31,32)28(2)3)13-20(21)27-22(30)15-29(18-9-10-18)14-16-5-7-17(8-6-16)23(24,25)26/h5-8,11-13,18H,4,9-10,14-15H2,1-3H3. The second-order valence-corrected chi connectivity index (χ2v) is 10.7. The Morgan fingerprint density at radius 1 is 1.06 bits per heavy atom. The van der Waals surface area contributed by atoms with Crippen LogP contribution in [0.25, 0.3) is 11.0 Å². The van der Waals surface area contributed by atoms with Gasteiger partial charge in [-0.25, -0.2) is 17.7 Å². The van der Waals surface area contributed by atoms with Crippen molar-refractivity contribution in [2.24, 2.45) is 0 Å². The molecule has 0 atom stereocenters. The van der Waals surface area contributed by atoms with E-state index in [9.17, 15) is 21.6 Å². The lowest BCUT2D eigenvalue weighted by Gasteiger charge is -2.22. The van der Waals surface area contributed by atoms with E-state index in [0.29, 0.717) is 31.2 Å². The lowest BCUT2D eigenvalue weighted by molar-refractivity contribution is -0.137. The zero-order valence-electron chi connectivity index (χ0n) is 18.8. The Balaban J connectivity index is 1.61. The van der Waals surface area contributed by atoms with E-state index in [2.05, 4.69) is 9.47 Å². The van der Waals surface area contributed by atoms with Crippen molar-refractivity contribution in [1.29, 1.82) is 0 Å². The van der Waals surface area contributed by atoms with Gasteiger partial charge in [-0.15, -0.1) is 0 Å². The number of fused-ring (bicyclic) bond motifs is 1. The van der Waals surface area contributed by atoms with Crippen molar-refractivity contribution in [3.05, 3.63) is 59.4 Å². The molecule has 0 spiro atoms. The molecule has 0 N–H and O–H groups in total. The van der Waals surface area contributed by atoms with E-state index < -0.39 is 21.8 Å². The number of halogens is 3. The molecule has 0 amide bonds. The van der Waals surface area contributed by atoms with Crippen LogP contribution in [0.4, 0.5) is 13.2 Å². The summed E-state index contributed by atoms with van der Waals surface area (Å²) in [7, 11) is -0.585. The molecule has 1 saturated carbocycles. The molecule has 6 nitrogen and oxygen atoms in total. The maximum atomic E-state index is 12.9. The van der Waals surface area contributed by atoms with E-state index in [1.165, 1.54) is 30.5 Å². The van der Waals surface area contributed by atoms with Crippen LogP contribution in [0.5, 0.6) is 0 Å². The Morgan fingerprint density at radius 3 is 2.27 bits per heavy atom. The number of aromatic nitrogens is 2. The van der Waals surface area contributed by atoms with Crippen molar-refractivity contribution in [3.8, 4) is 0 Å². The lowest BCUT2D eigenvalue weighted by Crippen LogP contribution is -2.26. The first kappa shape index (κ1) is 23.7. The summed E-state index contributed by atoms with van der Waals surface area (Å²) in [6, 6.07) is 10.6. The molecule has 0 radical (unpaired) electrons. The van der Waals surface area contributed by atoms with Gasteiger partial charge in [0, 0.05) is 33.2 Å². The molecule has 4 rings (SSSR count).